The number of nitrogens with one attached hydrogen (secondary N) is 1. The van der Waals surface area contributed by atoms with E-state index in [1.807, 2.05) is 6.92 Å². The van der Waals surface area contributed by atoms with Gasteiger partial charge in [-0.1, -0.05) is 13.0 Å². The molecule has 0 fully saturated rings. The third kappa shape index (κ3) is 4.86. The standard InChI is InChI=1S/C14H19NO5S/c1-4-14(2,3)15-12(16)9-21(19,20)11-7-5-6-10(8-11)13(17)18/h5-8H,4,9H2,1-3H3,(H,15,16)(H,17,18). The summed E-state index contributed by atoms with van der Waals surface area (Å²) in [6, 6.07) is 4.96. The van der Waals surface area contributed by atoms with Crippen molar-refractivity contribution in [2.24, 2.45) is 0 Å². The van der Waals surface area contributed by atoms with Crippen LogP contribution in [-0.2, 0) is 14.6 Å². The number of hydrogen-bond acceptors (Lipinski definition) is 4. The van der Waals surface area contributed by atoms with Gasteiger partial charge in [-0.2, -0.15) is 0 Å². The van der Waals surface area contributed by atoms with Gasteiger partial charge in [0.2, 0.25) is 5.91 Å². The molecule has 21 heavy (non-hydrogen) atoms. The first-order chi connectivity index (χ1) is 9.57. The van der Waals surface area contributed by atoms with Crippen molar-refractivity contribution in [3.8, 4) is 0 Å². The van der Waals surface area contributed by atoms with Crippen molar-refractivity contribution in [3.05, 3.63) is 29.8 Å². The highest BCUT2D eigenvalue weighted by Crippen LogP contribution is 2.14. The number of carboxylic acids is 1. The Hall–Kier alpha value is -1.89. The predicted molar refractivity (Wildman–Crippen MR) is 78.0 cm³/mol. The maximum atomic E-state index is 12.1. The molecule has 0 aliphatic heterocycles. The molecule has 0 atom stereocenters. The van der Waals surface area contributed by atoms with E-state index in [1.165, 1.54) is 18.2 Å². The molecule has 1 amide bonds. The molecule has 1 aromatic carbocycles. The average molecular weight is 313 g/mol. The van der Waals surface area contributed by atoms with E-state index in [9.17, 15) is 18.0 Å². The van der Waals surface area contributed by atoms with Gasteiger partial charge in [-0.05, 0) is 38.5 Å². The highest BCUT2D eigenvalue weighted by Gasteiger charge is 2.24. The van der Waals surface area contributed by atoms with Crippen LogP contribution >= 0.6 is 0 Å². The fraction of sp³-hybridized carbons (Fsp3) is 0.429. The van der Waals surface area contributed by atoms with Gasteiger partial charge in [0, 0.05) is 5.54 Å². The van der Waals surface area contributed by atoms with Gasteiger partial charge in [0.15, 0.2) is 9.84 Å². The van der Waals surface area contributed by atoms with E-state index in [-0.39, 0.29) is 10.5 Å². The van der Waals surface area contributed by atoms with Gasteiger partial charge in [-0.3, -0.25) is 4.79 Å². The van der Waals surface area contributed by atoms with Crippen LogP contribution in [0.15, 0.2) is 29.2 Å². The zero-order valence-corrected chi connectivity index (χ0v) is 13.0. The van der Waals surface area contributed by atoms with Crippen molar-refractivity contribution in [2.45, 2.75) is 37.6 Å². The molecule has 0 bridgehead atoms. The normalized spacial score (nSPS) is 12.0. The van der Waals surface area contributed by atoms with Crippen LogP contribution in [0.4, 0.5) is 0 Å². The summed E-state index contributed by atoms with van der Waals surface area (Å²) < 4.78 is 24.3. The Labute approximate surface area is 124 Å². The van der Waals surface area contributed by atoms with E-state index in [0.717, 1.165) is 6.07 Å². The second-order valence-electron chi connectivity index (χ2n) is 5.38. The fourth-order valence-corrected chi connectivity index (χ4v) is 2.76. The molecule has 7 heteroatoms. The lowest BCUT2D eigenvalue weighted by Gasteiger charge is -2.24. The Kier molecular flexibility index (Phi) is 5.11. The van der Waals surface area contributed by atoms with Gasteiger partial charge in [0.05, 0.1) is 10.5 Å². The first-order valence-electron chi connectivity index (χ1n) is 6.44. The molecule has 1 rings (SSSR count). The smallest absolute Gasteiger partial charge is 0.335 e. The summed E-state index contributed by atoms with van der Waals surface area (Å²) in [4.78, 5) is 22.5. The molecule has 0 radical (unpaired) electrons. The Morgan fingerprint density at radius 2 is 1.90 bits per heavy atom. The number of benzene rings is 1. The number of hydrogen-bond donors (Lipinski definition) is 2. The molecule has 0 unspecified atom stereocenters. The Balaban J connectivity index is 2.94. The molecule has 0 aliphatic rings. The SMILES string of the molecule is CCC(C)(C)NC(=O)CS(=O)(=O)c1cccc(C(=O)O)c1. The molecule has 0 saturated heterocycles. The lowest BCUT2D eigenvalue weighted by molar-refractivity contribution is -0.120. The van der Waals surface area contributed by atoms with Crippen molar-refractivity contribution in [2.75, 3.05) is 5.75 Å². The summed E-state index contributed by atoms with van der Waals surface area (Å²) in [5.41, 5.74) is -0.624. The van der Waals surface area contributed by atoms with Gasteiger partial charge in [0.1, 0.15) is 5.75 Å². The Morgan fingerprint density at radius 1 is 1.29 bits per heavy atom. The minimum absolute atomic E-state index is 0.134. The second-order valence-corrected chi connectivity index (χ2v) is 7.37. The molecular weight excluding hydrogens is 294 g/mol. The summed E-state index contributed by atoms with van der Waals surface area (Å²) in [7, 11) is -3.87. The summed E-state index contributed by atoms with van der Waals surface area (Å²) in [5.74, 6) is -2.54. The van der Waals surface area contributed by atoms with Crippen molar-refractivity contribution < 1.29 is 23.1 Å². The topological polar surface area (TPSA) is 101 Å². The Bertz CT molecular complexity index is 649. The van der Waals surface area contributed by atoms with E-state index in [0.29, 0.717) is 6.42 Å². The zero-order valence-electron chi connectivity index (χ0n) is 12.2. The lowest BCUT2D eigenvalue weighted by Crippen LogP contribution is -2.45. The van der Waals surface area contributed by atoms with Crippen LogP contribution in [0.3, 0.4) is 0 Å². The minimum Gasteiger partial charge on any atom is -0.478 e. The van der Waals surface area contributed by atoms with Crippen molar-refractivity contribution in [1.82, 2.24) is 5.32 Å². The summed E-state index contributed by atoms with van der Waals surface area (Å²) in [6.07, 6.45) is 0.660. The summed E-state index contributed by atoms with van der Waals surface area (Å²) in [5, 5.41) is 11.5. The molecule has 0 saturated carbocycles. The minimum atomic E-state index is -3.87. The highest BCUT2D eigenvalue weighted by molar-refractivity contribution is 7.92. The number of carbonyl (C=O) groups excluding carboxylic acids is 1. The van der Waals surface area contributed by atoms with Crippen molar-refractivity contribution >= 4 is 21.7 Å². The van der Waals surface area contributed by atoms with E-state index in [2.05, 4.69) is 5.32 Å². The average Bonchev–Trinajstić information content (AvgIpc) is 2.37. The van der Waals surface area contributed by atoms with E-state index in [1.54, 1.807) is 13.8 Å². The lowest BCUT2D eigenvalue weighted by atomic mass is 10.0. The number of aromatic carboxylic acids is 1. The van der Waals surface area contributed by atoms with Gasteiger partial charge in [-0.25, -0.2) is 13.2 Å². The third-order valence-electron chi connectivity index (χ3n) is 3.12. The molecule has 0 spiro atoms. The highest BCUT2D eigenvalue weighted by atomic mass is 32.2. The largest absolute Gasteiger partial charge is 0.478 e. The number of carboxylic acid groups (broad SMARTS) is 1. The van der Waals surface area contributed by atoms with Crippen LogP contribution in [0, 0.1) is 0 Å². The number of sulfone groups is 1. The van der Waals surface area contributed by atoms with Crippen LogP contribution < -0.4 is 5.32 Å². The molecule has 2 N–H and O–H groups in total. The van der Waals surface area contributed by atoms with Gasteiger partial charge >= 0.3 is 5.97 Å². The molecule has 116 valence electrons. The van der Waals surface area contributed by atoms with Gasteiger partial charge < -0.3 is 10.4 Å². The monoisotopic (exact) mass is 313 g/mol. The summed E-state index contributed by atoms with van der Waals surface area (Å²) >= 11 is 0. The van der Waals surface area contributed by atoms with Crippen LogP contribution in [0.25, 0.3) is 0 Å². The van der Waals surface area contributed by atoms with E-state index >= 15 is 0 Å². The van der Waals surface area contributed by atoms with Crippen LogP contribution in [0.2, 0.25) is 0 Å². The molecule has 6 nitrogen and oxygen atoms in total. The Morgan fingerprint density at radius 3 is 2.43 bits per heavy atom. The second kappa shape index (κ2) is 6.26. The zero-order chi connectivity index (χ0) is 16.3. The number of rotatable bonds is 6. The van der Waals surface area contributed by atoms with Gasteiger partial charge in [0.25, 0.3) is 0 Å². The fourth-order valence-electron chi connectivity index (χ4n) is 1.58. The van der Waals surface area contributed by atoms with E-state index < -0.39 is 33.0 Å². The van der Waals surface area contributed by atoms with Gasteiger partial charge in [-0.15, -0.1) is 0 Å². The van der Waals surface area contributed by atoms with Crippen LogP contribution in [0.5, 0.6) is 0 Å². The van der Waals surface area contributed by atoms with Crippen LogP contribution in [0.1, 0.15) is 37.6 Å². The number of carbonyl (C=O) groups is 2. The van der Waals surface area contributed by atoms with E-state index in [4.69, 9.17) is 5.11 Å². The third-order valence-corrected chi connectivity index (χ3v) is 4.74. The first-order valence-corrected chi connectivity index (χ1v) is 8.10. The maximum Gasteiger partial charge on any atom is 0.335 e. The predicted octanol–water partition coefficient (Wildman–Crippen LogP) is 1.46. The van der Waals surface area contributed by atoms with Crippen molar-refractivity contribution in [1.29, 1.82) is 0 Å². The summed E-state index contributed by atoms with van der Waals surface area (Å²) in [6.45, 7) is 5.47. The first kappa shape index (κ1) is 17.2. The van der Waals surface area contributed by atoms with Crippen molar-refractivity contribution in [3.63, 3.8) is 0 Å². The molecule has 0 heterocycles. The molecule has 0 aromatic heterocycles. The number of amides is 1. The molecular formula is C14H19NO5S. The molecule has 1 aromatic rings. The molecule has 0 aliphatic carbocycles. The quantitative estimate of drug-likeness (QED) is 0.828. The van der Waals surface area contributed by atoms with Crippen LogP contribution in [-0.4, -0.2) is 36.7 Å². The maximum absolute atomic E-state index is 12.1.